The van der Waals surface area contributed by atoms with Gasteiger partial charge in [0.15, 0.2) is 11.8 Å². The normalized spacial score (nSPS) is 19.9. The number of thiazole rings is 1. The third kappa shape index (κ3) is 5.00. The van der Waals surface area contributed by atoms with Gasteiger partial charge in [-0.25, -0.2) is 4.98 Å². The predicted octanol–water partition coefficient (Wildman–Crippen LogP) is 4.81. The molecule has 0 saturated carbocycles. The van der Waals surface area contributed by atoms with Crippen LogP contribution in [0.4, 0.5) is 13.2 Å². The van der Waals surface area contributed by atoms with Crippen LogP contribution < -0.4 is 0 Å². The number of hydrogen-bond donors (Lipinski definition) is 0. The average Bonchev–Trinajstić information content (AvgIpc) is 3.58. The van der Waals surface area contributed by atoms with E-state index in [1.54, 1.807) is 24.5 Å². The van der Waals surface area contributed by atoms with Crippen LogP contribution in [0.15, 0.2) is 41.0 Å². The van der Waals surface area contributed by atoms with E-state index in [9.17, 15) is 13.2 Å². The quantitative estimate of drug-likeness (QED) is 0.496. The minimum absolute atomic E-state index is 0.171. The molecule has 1 fully saturated rings. The average molecular weight is 491 g/mol. The minimum Gasteiger partial charge on any atom is -0.385 e. The summed E-state index contributed by atoms with van der Waals surface area (Å²) >= 11 is 1.66. The molecule has 0 spiro atoms. The van der Waals surface area contributed by atoms with E-state index in [1.165, 1.54) is 4.68 Å². The number of alkyl halides is 3. The molecule has 0 aliphatic carbocycles. The fourth-order valence-corrected chi connectivity index (χ4v) is 5.38. The fourth-order valence-electron chi connectivity index (χ4n) is 4.38. The Morgan fingerprint density at radius 2 is 2.00 bits per heavy atom. The number of likely N-dealkylation sites (tertiary alicyclic amines) is 1. The zero-order valence-corrected chi connectivity index (χ0v) is 19.5. The van der Waals surface area contributed by atoms with E-state index in [0.29, 0.717) is 31.1 Å². The molecular weight excluding hydrogens is 465 g/mol. The van der Waals surface area contributed by atoms with E-state index < -0.39 is 11.9 Å². The maximum atomic E-state index is 12.9. The number of aromatic nitrogens is 4. The maximum Gasteiger partial charge on any atom is 0.435 e. The highest BCUT2D eigenvalue weighted by molar-refractivity contribution is 7.10. The van der Waals surface area contributed by atoms with Gasteiger partial charge in [0.2, 0.25) is 0 Å². The Labute approximate surface area is 199 Å². The Morgan fingerprint density at radius 1 is 1.18 bits per heavy atom. The molecule has 3 aromatic heterocycles. The van der Waals surface area contributed by atoms with Crippen LogP contribution in [0.25, 0.3) is 0 Å². The van der Waals surface area contributed by atoms with Crippen LogP contribution in [0, 0.1) is 6.92 Å². The van der Waals surface area contributed by atoms with E-state index in [4.69, 9.17) is 9.82 Å². The van der Waals surface area contributed by atoms with Crippen molar-refractivity contribution in [3.8, 4) is 0 Å². The summed E-state index contributed by atoms with van der Waals surface area (Å²) in [5.74, 6) is 0.382. The molecule has 1 atom stereocenters. The van der Waals surface area contributed by atoms with Gasteiger partial charge in [-0.1, -0.05) is 11.2 Å². The molecule has 3 aromatic rings. The summed E-state index contributed by atoms with van der Waals surface area (Å²) in [5.41, 5.74) is 2.29. The number of rotatable bonds is 6. The van der Waals surface area contributed by atoms with Crippen LogP contribution in [0.5, 0.6) is 0 Å². The number of oxime groups is 1. The van der Waals surface area contributed by atoms with Crippen molar-refractivity contribution in [1.29, 1.82) is 0 Å². The van der Waals surface area contributed by atoms with E-state index in [1.807, 2.05) is 23.6 Å². The molecule has 0 amide bonds. The van der Waals surface area contributed by atoms with Crippen LogP contribution >= 0.6 is 11.3 Å². The molecule has 0 bridgehead atoms. The van der Waals surface area contributed by atoms with Gasteiger partial charge in [0.1, 0.15) is 5.71 Å². The number of piperidine rings is 1. The molecule has 11 heteroatoms. The first-order valence-corrected chi connectivity index (χ1v) is 12.2. The van der Waals surface area contributed by atoms with Gasteiger partial charge in [0, 0.05) is 36.2 Å². The fraction of sp³-hybridized carbons (Fsp3) is 0.478. The second-order valence-corrected chi connectivity index (χ2v) is 9.56. The van der Waals surface area contributed by atoms with Crippen LogP contribution in [0.2, 0.25) is 0 Å². The van der Waals surface area contributed by atoms with Gasteiger partial charge >= 0.3 is 6.18 Å². The second-order valence-electron chi connectivity index (χ2n) is 8.67. The van der Waals surface area contributed by atoms with E-state index in [-0.39, 0.29) is 6.10 Å². The zero-order chi connectivity index (χ0) is 23.7. The maximum absolute atomic E-state index is 12.9. The number of nitrogens with zero attached hydrogens (tertiary/aromatic N) is 6. The zero-order valence-electron chi connectivity index (χ0n) is 18.7. The Balaban J connectivity index is 1.12. The number of halogens is 3. The first-order chi connectivity index (χ1) is 16.4. The molecule has 0 radical (unpaired) electrons. The lowest BCUT2D eigenvalue weighted by atomic mass is 9.97. The highest BCUT2D eigenvalue weighted by Crippen LogP contribution is 2.33. The highest BCUT2D eigenvalue weighted by atomic mass is 32.1. The number of pyridine rings is 1. The standard InChI is InChI=1S/C23H25F3N6OS/c1-15-12-21(23(24,25)26)29-32(15)11-10-31-8-5-16(6-9-31)22-28-19(14-34-22)18-13-20(33-30-18)17-4-2-3-7-27-17/h2-4,7,12,14,16,20H,5-6,8-11,13H2,1H3. The third-order valence-electron chi connectivity index (χ3n) is 6.34. The van der Waals surface area contributed by atoms with Crippen LogP contribution in [-0.2, 0) is 17.6 Å². The first kappa shape index (κ1) is 23.0. The van der Waals surface area contributed by atoms with Crippen LogP contribution in [0.1, 0.15) is 59.1 Å². The van der Waals surface area contributed by atoms with Crippen molar-refractivity contribution < 1.29 is 18.0 Å². The summed E-state index contributed by atoms with van der Waals surface area (Å²) in [6, 6.07) is 6.85. The minimum atomic E-state index is -4.41. The van der Waals surface area contributed by atoms with Gasteiger partial charge in [0.05, 0.1) is 22.9 Å². The Bertz CT molecular complexity index is 1150. The Morgan fingerprint density at radius 3 is 2.71 bits per heavy atom. The van der Waals surface area contributed by atoms with Crippen molar-refractivity contribution in [2.75, 3.05) is 19.6 Å². The number of aryl methyl sites for hydroxylation is 1. The van der Waals surface area contributed by atoms with Crippen molar-refractivity contribution in [1.82, 2.24) is 24.6 Å². The van der Waals surface area contributed by atoms with Crippen molar-refractivity contribution >= 4 is 17.0 Å². The molecule has 5 rings (SSSR count). The van der Waals surface area contributed by atoms with E-state index >= 15 is 0 Å². The molecule has 1 unspecified atom stereocenters. The summed E-state index contributed by atoms with van der Waals surface area (Å²) < 4.78 is 40.1. The molecule has 1 saturated heterocycles. The third-order valence-corrected chi connectivity index (χ3v) is 7.35. The number of hydrogen-bond acceptors (Lipinski definition) is 7. The highest BCUT2D eigenvalue weighted by Gasteiger charge is 2.34. The smallest absolute Gasteiger partial charge is 0.385 e. The first-order valence-electron chi connectivity index (χ1n) is 11.3. The topological polar surface area (TPSA) is 68.4 Å². The van der Waals surface area contributed by atoms with Gasteiger partial charge in [-0.2, -0.15) is 18.3 Å². The summed E-state index contributed by atoms with van der Waals surface area (Å²) in [4.78, 5) is 17.1. The van der Waals surface area contributed by atoms with E-state index in [2.05, 4.69) is 20.1 Å². The molecule has 0 aromatic carbocycles. The van der Waals surface area contributed by atoms with Crippen LogP contribution in [-0.4, -0.2) is 50.0 Å². The molecular formula is C23H25F3N6OS. The lowest BCUT2D eigenvalue weighted by Gasteiger charge is -2.31. The van der Waals surface area contributed by atoms with Crippen LogP contribution in [0.3, 0.4) is 0 Å². The summed E-state index contributed by atoms with van der Waals surface area (Å²) in [7, 11) is 0. The molecule has 0 N–H and O–H groups in total. The summed E-state index contributed by atoms with van der Waals surface area (Å²) in [5, 5.41) is 11.1. The van der Waals surface area contributed by atoms with Gasteiger partial charge in [-0.15, -0.1) is 11.3 Å². The van der Waals surface area contributed by atoms with Crippen molar-refractivity contribution in [2.45, 2.75) is 50.9 Å². The van der Waals surface area contributed by atoms with Crippen molar-refractivity contribution in [3.05, 3.63) is 63.6 Å². The lowest BCUT2D eigenvalue weighted by molar-refractivity contribution is -0.141. The van der Waals surface area contributed by atoms with Gasteiger partial charge in [0.25, 0.3) is 0 Å². The van der Waals surface area contributed by atoms with Crippen molar-refractivity contribution in [3.63, 3.8) is 0 Å². The summed E-state index contributed by atoms with van der Waals surface area (Å²) in [6.45, 7) is 4.56. The lowest BCUT2D eigenvalue weighted by Crippen LogP contribution is -2.35. The van der Waals surface area contributed by atoms with Gasteiger partial charge in [-0.05, 0) is 51.1 Å². The largest absolute Gasteiger partial charge is 0.435 e. The van der Waals surface area contributed by atoms with Crippen molar-refractivity contribution in [2.24, 2.45) is 5.16 Å². The van der Waals surface area contributed by atoms with Gasteiger partial charge in [-0.3, -0.25) is 9.67 Å². The summed E-state index contributed by atoms with van der Waals surface area (Å²) in [6.07, 6.45) is -0.232. The monoisotopic (exact) mass is 490 g/mol. The SMILES string of the molecule is Cc1cc(C(F)(F)F)nn1CCN1CCC(c2nc(C3=NOC(c4ccccn4)C3)cs2)CC1. The molecule has 7 nitrogen and oxygen atoms in total. The Kier molecular flexibility index (Phi) is 6.39. The second kappa shape index (κ2) is 9.46. The van der Waals surface area contributed by atoms with E-state index in [0.717, 1.165) is 54.1 Å². The Hall–Kier alpha value is -2.79. The molecule has 2 aliphatic rings. The molecule has 2 aliphatic heterocycles. The molecule has 180 valence electrons. The predicted molar refractivity (Wildman–Crippen MR) is 122 cm³/mol. The van der Waals surface area contributed by atoms with Gasteiger partial charge < -0.3 is 9.74 Å². The molecule has 5 heterocycles. The molecule has 34 heavy (non-hydrogen) atoms.